The summed E-state index contributed by atoms with van der Waals surface area (Å²) in [6.45, 7) is 6.99. The second kappa shape index (κ2) is 6.48. The van der Waals surface area contributed by atoms with Gasteiger partial charge < -0.3 is 23.5 Å². The molecule has 22 heavy (non-hydrogen) atoms. The van der Waals surface area contributed by atoms with Gasteiger partial charge in [-0.25, -0.2) is 0 Å². The minimum atomic E-state index is -0.346. The molecule has 0 N–H and O–H groups in total. The molecule has 0 amide bonds. The highest BCUT2D eigenvalue weighted by Gasteiger charge is 2.34. The molecule has 120 valence electrons. The van der Waals surface area contributed by atoms with Gasteiger partial charge in [0.15, 0.2) is 11.5 Å². The van der Waals surface area contributed by atoms with Crippen LogP contribution in [0.4, 0.5) is 0 Å². The average Bonchev–Trinajstić information content (AvgIpc) is 3.00. The van der Waals surface area contributed by atoms with Gasteiger partial charge in [0, 0.05) is 25.0 Å². The Balaban J connectivity index is 1.74. The summed E-state index contributed by atoms with van der Waals surface area (Å²) in [6.07, 6.45) is 0.981. The highest BCUT2D eigenvalue weighted by molar-refractivity contribution is 6.61. The molecule has 2 heterocycles. The summed E-state index contributed by atoms with van der Waals surface area (Å²) >= 11 is 0. The van der Waals surface area contributed by atoms with Gasteiger partial charge in [0.25, 0.3) is 0 Å². The molecule has 1 atom stereocenters. The van der Waals surface area contributed by atoms with Crippen LogP contribution < -0.4 is 14.9 Å². The zero-order chi connectivity index (χ0) is 15.6. The van der Waals surface area contributed by atoms with Gasteiger partial charge in [-0.1, -0.05) is 19.9 Å². The second-order valence-electron chi connectivity index (χ2n) is 6.63. The fraction of sp³-hybridized carbons (Fsp3) is 0.625. The summed E-state index contributed by atoms with van der Waals surface area (Å²) in [5.41, 5.74) is 1.01. The minimum Gasteiger partial charge on any atom is -0.493 e. The standard InChI is InChI=1S/C16H23BO5/c1-16(2)10-20-17(21-11-16)12-4-5-14(18-3)15(8-12)22-13-6-7-19-9-13/h4-5,8,13H,6-7,9-11H2,1-3H3/t13-/m1/s1. The lowest BCUT2D eigenvalue weighted by Gasteiger charge is -2.33. The van der Waals surface area contributed by atoms with E-state index in [1.807, 2.05) is 18.2 Å². The normalized spacial score (nSPS) is 24.3. The van der Waals surface area contributed by atoms with E-state index in [-0.39, 0.29) is 18.6 Å². The predicted octanol–water partition coefficient (Wildman–Crippen LogP) is 1.63. The number of methoxy groups -OCH3 is 1. The van der Waals surface area contributed by atoms with Crippen molar-refractivity contribution in [3.8, 4) is 11.5 Å². The zero-order valence-electron chi connectivity index (χ0n) is 13.5. The van der Waals surface area contributed by atoms with Crippen LogP contribution in [0.1, 0.15) is 20.3 Å². The topological polar surface area (TPSA) is 46.2 Å². The van der Waals surface area contributed by atoms with Gasteiger partial charge in [-0.2, -0.15) is 0 Å². The van der Waals surface area contributed by atoms with E-state index in [0.717, 1.165) is 18.5 Å². The summed E-state index contributed by atoms with van der Waals surface area (Å²) < 4.78 is 28.4. The lowest BCUT2D eigenvalue weighted by molar-refractivity contribution is 0.0343. The Hall–Kier alpha value is -1.24. The number of benzene rings is 1. The molecular formula is C16H23BO5. The third-order valence-corrected chi connectivity index (χ3v) is 3.89. The van der Waals surface area contributed by atoms with Crippen LogP contribution in [0.15, 0.2) is 18.2 Å². The van der Waals surface area contributed by atoms with Gasteiger partial charge in [0.2, 0.25) is 0 Å². The van der Waals surface area contributed by atoms with Gasteiger partial charge in [-0.3, -0.25) is 0 Å². The average molecular weight is 306 g/mol. The van der Waals surface area contributed by atoms with E-state index in [4.69, 9.17) is 23.5 Å². The van der Waals surface area contributed by atoms with E-state index in [1.54, 1.807) is 7.11 Å². The first-order chi connectivity index (χ1) is 10.6. The fourth-order valence-corrected chi connectivity index (χ4v) is 2.60. The molecule has 1 aromatic rings. The summed E-state index contributed by atoms with van der Waals surface area (Å²) in [4.78, 5) is 0. The monoisotopic (exact) mass is 306 g/mol. The van der Waals surface area contributed by atoms with Crippen LogP contribution in [-0.4, -0.2) is 46.8 Å². The fourth-order valence-electron chi connectivity index (χ4n) is 2.60. The molecule has 2 saturated heterocycles. The van der Waals surface area contributed by atoms with E-state index in [9.17, 15) is 0 Å². The molecule has 2 aliphatic rings. The van der Waals surface area contributed by atoms with Crippen molar-refractivity contribution in [1.82, 2.24) is 0 Å². The van der Waals surface area contributed by atoms with Gasteiger partial charge in [0.05, 0.1) is 20.3 Å². The lowest BCUT2D eigenvalue weighted by Crippen LogP contribution is -2.47. The minimum absolute atomic E-state index is 0.0590. The van der Waals surface area contributed by atoms with Crippen LogP contribution in [0.3, 0.4) is 0 Å². The maximum Gasteiger partial charge on any atom is 0.494 e. The van der Waals surface area contributed by atoms with Crippen molar-refractivity contribution in [2.75, 3.05) is 33.5 Å². The lowest BCUT2D eigenvalue weighted by atomic mass is 9.76. The van der Waals surface area contributed by atoms with Crippen molar-refractivity contribution in [2.24, 2.45) is 5.41 Å². The molecule has 2 fully saturated rings. The third kappa shape index (κ3) is 3.56. The first-order valence-electron chi connectivity index (χ1n) is 7.73. The molecule has 0 saturated carbocycles. The quantitative estimate of drug-likeness (QED) is 0.791. The predicted molar refractivity (Wildman–Crippen MR) is 83.9 cm³/mol. The number of ether oxygens (including phenoxy) is 3. The zero-order valence-corrected chi connectivity index (χ0v) is 13.5. The highest BCUT2D eigenvalue weighted by Crippen LogP contribution is 2.29. The Morgan fingerprint density at radius 3 is 2.59 bits per heavy atom. The summed E-state index contributed by atoms with van der Waals surface area (Å²) in [5, 5.41) is 0. The molecule has 3 rings (SSSR count). The smallest absolute Gasteiger partial charge is 0.493 e. The first kappa shape index (κ1) is 15.7. The van der Waals surface area contributed by atoms with Gasteiger partial charge in [-0.15, -0.1) is 0 Å². The van der Waals surface area contributed by atoms with Crippen LogP contribution in [0.5, 0.6) is 11.5 Å². The molecular weight excluding hydrogens is 283 g/mol. The Morgan fingerprint density at radius 2 is 1.95 bits per heavy atom. The van der Waals surface area contributed by atoms with Crippen molar-refractivity contribution in [2.45, 2.75) is 26.4 Å². The molecule has 6 heteroatoms. The second-order valence-corrected chi connectivity index (χ2v) is 6.63. The highest BCUT2D eigenvalue weighted by atomic mass is 16.6. The summed E-state index contributed by atoms with van der Waals surface area (Å²) in [5.74, 6) is 1.43. The molecule has 0 spiro atoms. The van der Waals surface area contributed by atoms with Crippen LogP contribution in [-0.2, 0) is 14.0 Å². The van der Waals surface area contributed by atoms with E-state index < -0.39 is 0 Å². The van der Waals surface area contributed by atoms with Crippen molar-refractivity contribution < 1.29 is 23.5 Å². The summed E-state index contributed by atoms with van der Waals surface area (Å²) in [7, 11) is 1.30. The first-order valence-corrected chi connectivity index (χ1v) is 7.73. The Morgan fingerprint density at radius 1 is 1.18 bits per heavy atom. The molecule has 1 aromatic carbocycles. The van der Waals surface area contributed by atoms with Crippen LogP contribution in [0, 0.1) is 5.41 Å². The van der Waals surface area contributed by atoms with E-state index >= 15 is 0 Å². The number of rotatable bonds is 4. The van der Waals surface area contributed by atoms with Crippen molar-refractivity contribution in [3.63, 3.8) is 0 Å². The maximum atomic E-state index is 6.01. The van der Waals surface area contributed by atoms with Gasteiger partial charge >= 0.3 is 7.12 Å². The SMILES string of the molecule is COc1ccc(B2OCC(C)(C)CO2)cc1O[C@@H]1CCOC1. The van der Waals surface area contributed by atoms with E-state index in [1.165, 1.54) is 0 Å². The number of hydrogen-bond acceptors (Lipinski definition) is 5. The largest absolute Gasteiger partial charge is 0.494 e. The molecule has 2 aliphatic heterocycles. The van der Waals surface area contributed by atoms with Crippen molar-refractivity contribution in [1.29, 1.82) is 0 Å². The Kier molecular flexibility index (Phi) is 4.61. The van der Waals surface area contributed by atoms with Crippen LogP contribution in [0.2, 0.25) is 0 Å². The Labute approximate surface area is 132 Å². The number of hydrogen-bond donors (Lipinski definition) is 0. The van der Waals surface area contributed by atoms with Crippen LogP contribution in [0.25, 0.3) is 0 Å². The summed E-state index contributed by atoms with van der Waals surface area (Å²) in [6, 6.07) is 5.80. The van der Waals surface area contributed by atoms with Gasteiger partial charge in [-0.05, 0) is 17.6 Å². The van der Waals surface area contributed by atoms with Crippen molar-refractivity contribution >= 4 is 12.6 Å². The van der Waals surface area contributed by atoms with Gasteiger partial charge in [0.1, 0.15) is 6.10 Å². The molecule has 0 bridgehead atoms. The molecule has 5 nitrogen and oxygen atoms in total. The maximum absolute atomic E-state index is 6.01. The van der Waals surface area contributed by atoms with Crippen LogP contribution >= 0.6 is 0 Å². The Bertz CT molecular complexity index is 503. The molecule has 0 aromatic heterocycles. The van der Waals surface area contributed by atoms with Crippen molar-refractivity contribution in [3.05, 3.63) is 18.2 Å². The third-order valence-electron chi connectivity index (χ3n) is 3.89. The molecule has 0 radical (unpaired) electrons. The molecule has 0 aliphatic carbocycles. The van der Waals surface area contributed by atoms with E-state index in [0.29, 0.717) is 31.3 Å². The molecule has 0 unspecified atom stereocenters. The van der Waals surface area contributed by atoms with E-state index in [2.05, 4.69) is 13.8 Å².